The van der Waals surface area contributed by atoms with Crippen LogP contribution in [0.4, 0.5) is 16.3 Å². The number of ether oxygens (including phenoxy) is 1. The lowest BCUT2D eigenvalue weighted by Gasteiger charge is -2.35. The van der Waals surface area contributed by atoms with Crippen LogP contribution in [0, 0.1) is 0 Å². The molecule has 2 aliphatic rings. The number of rotatable bonds is 7. The molecule has 1 aliphatic heterocycles. The van der Waals surface area contributed by atoms with Crippen molar-refractivity contribution >= 4 is 50.3 Å². The van der Waals surface area contributed by atoms with E-state index in [1.165, 1.54) is 0 Å². The zero-order valence-electron chi connectivity index (χ0n) is 22.1. The van der Waals surface area contributed by atoms with E-state index < -0.39 is 21.7 Å². The number of fused-ring (bicyclic) bond motifs is 1. The molecule has 0 radical (unpaired) electrons. The van der Waals surface area contributed by atoms with Gasteiger partial charge in [-0.05, 0) is 82.9 Å². The molecule has 2 N–H and O–H groups in total. The van der Waals surface area contributed by atoms with E-state index in [1.807, 2.05) is 24.8 Å². The first-order valence-corrected chi connectivity index (χ1v) is 15.0. The second-order valence-electron chi connectivity index (χ2n) is 11.4. The number of hydrogen-bond acceptors (Lipinski definition) is 7. The normalized spacial score (nSPS) is 18.5. The summed E-state index contributed by atoms with van der Waals surface area (Å²) in [6.45, 7) is 13.4. The maximum atomic E-state index is 13.3. The molecule has 1 amide bonds. The number of benzene rings is 1. The number of carbonyl (C=O) groups excluding carboxylic acids is 1. The van der Waals surface area contributed by atoms with E-state index in [2.05, 4.69) is 33.8 Å². The van der Waals surface area contributed by atoms with Gasteiger partial charge in [-0.15, -0.1) is 0 Å². The van der Waals surface area contributed by atoms with E-state index in [-0.39, 0.29) is 10.4 Å². The van der Waals surface area contributed by atoms with Gasteiger partial charge in [0.05, 0.1) is 10.4 Å². The van der Waals surface area contributed by atoms with E-state index in [0.717, 1.165) is 49.8 Å². The summed E-state index contributed by atoms with van der Waals surface area (Å²) in [6.07, 6.45) is 3.14. The lowest BCUT2D eigenvalue weighted by Crippen LogP contribution is -2.36. The van der Waals surface area contributed by atoms with Crippen molar-refractivity contribution in [1.82, 2.24) is 9.71 Å². The van der Waals surface area contributed by atoms with E-state index in [4.69, 9.17) is 4.74 Å². The summed E-state index contributed by atoms with van der Waals surface area (Å²) in [7, 11) is -3.73. The molecule has 8 nitrogen and oxygen atoms in total. The number of nitrogens with zero attached hydrogens (tertiary/aromatic N) is 2. The van der Waals surface area contributed by atoms with Crippen LogP contribution in [0.25, 0.3) is 10.9 Å². The third kappa shape index (κ3) is 6.83. The quantitative estimate of drug-likeness (QED) is 0.482. The SMILES string of the molecule is CC(C)SC1CCN(c2cc(S(=O)(=O)NC3(C)CC3)cc3nc(NC(=O)OC(C)(C)C)ccc23)CC1. The van der Waals surface area contributed by atoms with Crippen LogP contribution in [0.3, 0.4) is 0 Å². The first-order valence-electron chi connectivity index (χ1n) is 12.6. The summed E-state index contributed by atoms with van der Waals surface area (Å²) in [5, 5.41) is 4.72. The van der Waals surface area contributed by atoms with Gasteiger partial charge in [-0.3, -0.25) is 5.32 Å². The molecule has 2 heterocycles. The maximum Gasteiger partial charge on any atom is 0.413 e. The van der Waals surface area contributed by atoms with E-state index in [0.29, 0.717) is 21.8 Å². The second kappa shape index (κ2) is 10.0. The van der Waals surface area contributed by atoms with Crippen molar-refractivity contribution < 1.29 is 17.9 Å². The second-order valence-corrected chi connectivity index (χ2v) is 14.9. The minimum absolute atomic E-state index is 0.193. The molecule has 4 rings (SSSR count). The smallest absolute Gasteiger partial charge is 0.413 e. The Morgan fingerprint density at radius 3 is 2.44 bits per heavy atom. The average molecular weight is 535 g/mol. The molecule has 198 valence electrons. The van der Waals surface area contributed by atoms with Crippen LogP contribution in [-0.4, -0.2) is 54.2 Å². The van der Waals surface area contributed by atoms with Gasteiger partial charge in [-0.25, -0.2) is 22.9 Å². The van der Waals surface area contributed by atoms with Gasteiger partial charge in [0.25, 0.3) is 0 Å². The van der Waals surface area contributed by atoms with Gasteiger partial charge in [0, 0.05) is 35.0 Å². The highest BCUT2D eigenvalue weighted by Crippen LogP contribution is 2.38. The zero-order chi connectivity index (χ0) is 26.3. The van der Waals surface area contributed by atoms with Crippen molar-refractivity contribution in [1.29, 1.82) is 0 Å². The van der Waals surface area contributed by atoms with Crippen molar-refractivity contribution in [2.24, 2.45) is 0 Å². The van der Waals surface area contributed by atoms with Gasteiger partial charge < -0.3 is 9.64 Å². The largest absolute Gasteiger partial charge is 0.444 e. The highest BCUT2D eigenvalue weighted by atomic mass is 32.2. The summed E-state index contributed by atoms with van der Waals surface area (Å²) in [5.41, 5.74) is 0.354. The molecule has 1 aromatic carbocycles. The standard InChI is InChI=1S/C26H38N4O4S2/c1-17(2)35-18-9-13-30(14-10-18)22-16-19(36(32,33)29-26(6)11-12-26)15-21-20(22)7-8-23(27-21)28-24(31)34-25(3,4)5/h7-8,15-18,29H,9-14H2,1-6H3,(H,27,28,31). The summed E-state index contributed by atoms with van der Waals surface area (Å²) >= 11 is 2.01. The Kier molecular flexibility index (Phi) is 7.52. The molecule has 1 saturated heterocycles. The maximum absolute atomic E-state index is 13.3. The molecule has 36 heavy (non-hydrogen) atoms. The summed E-state index contributed by atoms with van der Waals surface area (Å²) < 4.78 is 34.8. The fourth-order valence-electron chi connectivity index (χ4n) is 4.38. The minimum atomic E-state index is -3.73. The van der Waals surface area contributed by atoms with Crippen LogP contribution in [0.5, 0.6) is 0 Å². The lowest BCUT2D eigenvalue weighted by molar-refractivity contribution is 0.0635. The molecule has 2 aromatic rings. The Balaban J connectivity index is 1.68. The molecule has 0 spiro atoms. The molecule has 1 saturated carbocycles. The molecule has 1 aliphatic carbocycles. The number of piperidine rings is 1. The van der Waals surface area contributed by atoms with Gasteiger partial charge in [-0.2, -0.15) is 11.8 Å². The van der Waals surface area contributed by atoms with Crippen molar-refractivity contribution in [3.8, 4) is 0 Å². The molecule has 10 heteroatoms. The predicted molar refractivity (Wildman–Crippen MR) is 148 cm³/mol. The lowest BCUT2D eigenvalue weighted by atomic mass is 10.1. The van der Waals surface area contributed by atoms with Crippen molar-refractivity contribution in [2.45, 2.75) is 93.8 Å². The van der Waals surface area contributed by atoms with Gasteiger partial charge in [0.2, 0.25) is 10.0 Å². The number of aromatic nitrogens is 1. The highest BCUT2D eigenvalue weighted by molar-refractivity contribution is 8.00. The number of carbonyl (C=O) groups is 1. The summed E-state index contributed by atoms with van der Waals surface area (Å²) in [5.74, 6) is 0.311. The average Bonchev–Trinajstić information content (AvgIpc) is 3.47. The van der Waals surface area contributed by atoms with Crippen LogP contribution in [0.2, 0.25) is 0 Å². The number of anilines is 2. The zero-order valence-corrected chi connectivity index (χ0v) is 23.7. The van der Waals surface area contributed by atoms with Crippen LogP contribution >= 0.6 is 11.8 Å². The Morgan fingerprint density at radius 1 is 1.19 bits per heavy atom. The first kappa shape index (κ1) is 27.0. The Bertz CT molecular complexity index is 1230. The van der Waals surface area contributed by atoms with Gasteiger partial charge in [0.15, 0.2) is 0 Å². The molecule has 0 atom stereocenters. The number of nitrogens with one attached hydrogen (secondary N) is 2. The number of sulfonamides is 1. The molecule has 2 fully saturated rings. The highest BCUT2D eigenvalue weighted by Gasteiger charge is 2.41. The molecule has 0 bridgehead atoms. The Morgan fingerprint density at radius 2 is 1.86 bits per heavy atom. The monoisotopic (exact) mass is 534 g/mol. The predicted octanol–water partition coefficient (Wildman–Crippen LogP) is 5.52. The van der Waals surface area contributed by atoms with E-state index in [9.17, 15) is 13.2 Å². The first-order chi connectivity index (χ1) is 16.7. The number of thioether (sulfide) groups is 1. The number of hydrogen-bond donors (Lipinski definition) is 2. The van der Waals surface area contributed by atoms with Crippen LogP contribution in [0.15, 0.2) is 29.2 Å². The van der Waals surface area contributed by atoms with Crippen LogP contribution in [-0.2, 0) is 14.8 Å². The van der Waals surface area contributed by atoms with Crippen LogP contribution in [0.1, 0.15) is 67.2 Å². The fraction of sp³-hybridized carbons (Fsp3) is 0.615. The Hall–Kier alpha value is -2.04. The molecular formula is C26H38N4O4S2. The molecule has 0 unspecified atom stereocenters. The summed E-state index contributed by atoms with van der Waals surface area (Å²) in [4.78, 5) is 19.3. The molecular weight excluding hydrogens is 496 g/mol. The third-order valence-corrected chi connectivity index (χ3v) is 9.34. The minimum Gasteiger partial charge on any atom is -0.444 e. The summed E-state index contributed by atoms with van der Waals surface area (Å²) in [6, 6.07) is 6.99. The van der Waals surface area contributed by atoms with E-state index >= 15 is 0 Å². The van der Waals surface area contributed by atoms with Crippen molar-refractivity contribution in [3.05, 3.63) is 24.3 Å². The van der Waals surface area contributed by atoms with Crippen LogP contribution < -0.4 is 14.9 Å². The van der Waals surface area contributed by atoms with Crippen molar-refractivity contribution in [3.63, 3.8) is 0 Å². The number of amides is 1. The van der Waals surface area contributed by atoms with Gasteiger partial charge in [-0.1, -0.05) is 13.8 Å². The van der Waals surface area contributed by atoms with E-state index in [1.54, 1.807) is 39.0 Å². The van der Waals surface area contributed by atoms with Crippen molar-refractivity contribution in [2.75, 3.05) is 23.3 Å². The van der Waals surface area contributed by atoms with Gasteiger partial charge >= 0.3 is 6.09 Å². The Labute approximate surface area is 219 Å². The van der Waals surface area contributed by atoms with Gasteiger partial charge in [0.1, 0.15) is 11.4 Å². The topological polar surface area (TPSA) is 101 Å². The third-order valence-electron chi connectivity index (χ3n) is 6.33. The molecule has 1 aromatic heterocycles. The number of pyridine rings is 1. The fourth-order valence-corrected chi connectivity index (χ4v) is 7.13.